The molecule has 1 rings (SSSR count). The zero-order valence-electron chi connectivity index (χ0n) is 11.1. The SMILES string of the molecule is CCN=C(NC#N)Nc1ccc(C=CCC(=O)O)cc1. The van der Waals surface area contributed by atoms with Crippen LogP contribution in [0.5, 0.6) is 0 Å². The van der Waals surface area contributed by atoms with Crippen LogP contribution in [0.15, 0.2) is 35.3 Å². The van der Waals surface area contributed by atoms with Gasteiger partial charge in [-0.1, -0.05) is 24.3 Å². The van der Waals surface area contributed by atoms with Crippen LogP contribution in [0, 0.1) is 11.5 Å². The van der Waals surface area contributed by atoms with E-state index in [1.54, 1.807) is 12.2 Å². The van der Waals surface area contributed by atoms with Crippen molar-refractivity contribution in [1.29, 1.82) is 5.26 Å². The minimum Gasteiger partial charge on any atom is -0.481 e. The molecule has 0 saturated carbocycles. The van der Waals surface area contributed by atoms with Gasteiger partial charge in [0.2, 0.25) is 5.96 Å². The number of aliphatic carboxylic acids is 1. The number of rotatable bonds is 5. The van der Waals surface area contributed by atoms with E-state index in [-0.39, 0.29) is 6.42 Å². The molecule has 104 valence electrons. The monoisotopic (exact) mass is 272 g/mol. The lowest BCUT2D eigenvalue weighted by atomic mass is 10.2. The molecule has 0 aliphatic rings. The second-order valence-electron chi connectivity index (χ2n) is 3.81. The van der Waals surface area contributed by atoms with Crippen LogP contribution in [0.3, 0.4) is 0 Å². The molecule has 0 amide bonds. The Kier molecular flexibility index (Phi) is 6.34. The number of hydrogen-bond acceptors (Lipinski definition) is 3. The van der Waals surface area contributed by atoms with E-state index >= 15 is 0 Å². The summed E-state index contributed by atoms with van der Waals surface area (Å²) in [6.45, 7) is 2.43. The Bertz CT molecular complexity index is 541. The van der Waals surface area contributed by atoms with E-state index in [4.69, 9.17) is 10.4 Å². The van der Waals surface area contributed by atoms with Crippen molar-refractivity contribution in [2.45, 2.75) is 13.3 Å². The van der Waals surface area contributed by atoms with Crippen LogP contribution in [0.25, 0.3) is 6.08 Å². The fourth-order valence-corrected chi connectivity index (χ4v) is 1.43. The molecule has 1 aromatic carbocycles. The van der Waals surface area contributed by atoms with E-state index in [1.165, 1.54) is 0 Å². The summed E-state index contributed by atoms with van der Waals surface area (Å²) < 4.78 is 0. The van der Waals surface area contributed by atoms with Gasteiger partial charge < -0.3 is 10.4 Å². The molecule has 0 radical (unpaired) electrons. The summed E-state index contributed by atoms with van der Waals surface area (Å²) in [5.74, 6) is -0.466. The first-order valence-electron chi connectivity index (χ1n) is 6.10. The molecular weight excluding hydrogens is 256 g/mol. The van der Waals surface area contributed by atoms with Crippen LogP contribution in [0.2, 0.25) is 0 Å². The maximum absolute atomic E-state index is 10.4. The van der Waals surface area contributed by atoms with E-state index in [0.717, 1.165) is 11.3 Å². The average molecular weight is 272 g/mol. The number of guanidine groups is 1. The van der Waals surface area contributed by atoms with Gasteiger partial charge in [0.1, 0.15) is 0 Å². The Hall–Kier alpha value is -2.81. The van der Waals surface area contributed by atoms with Gasteiger partial charge in [0.05, 0.1) is 6.42 Å². The third-order valence-electron chi connectivity index (χ3n) is 2.27. The van der Waals surface area contributed by atoms with Crippen molar-refractivity contribution in [1.82, 2.24) is 5.32 Å². The van der Waals surface area contributed by atoms with Crippen LogP contribution in [0.4, 0.5) is 5.69 Å². The molecule has 3 N–H and O–H groups in total. The van der Waals surface area contributed by atoms with E-state index < -0.39 is 5.97 Å². The number of carbonyl (C=O) groups is 1. The molecule has 6 heteroatoms. The Morgan fingerprint density at radius 3 is 2.70 bits per heavy atom. The van der Waals surface area contributed by atoms with Gasteiger partial charge in [-0.15, -0.1) is 0 Å². The van der Waals surface area contributed by atoms with Gasteiger partial charge in [-0.05, 0) is 24.6 Å². The Balaban J connectivity index is 2.66. The van der Waals surface area contributed by atoms with Gasteiger partial charge in [-0.2, -0.15) is 5.26 Å². The third-order valence-corrected chi connectivity index (χ3v) is 2.27. The first-order chi connectivity index (χ1) is 9.65. The molecule has 0 aliphatic heterocycles. The van der Waals surface area contributed by atoms with Crippen molar-refractivity contribution in [3.05, 3.63) is 35.9 Å². The summed E-state index contributed by atoms with van der Waals surface area (Å²) in [7, 11) is 0. The molecule has 0 bridgehead atoms. The Labute approximate surface area is 117 Å². The number of nitriles is 1. The fourth-order valence-electron chi connectivity index (χ4n) is 1.43. The van der Waals surface area contributed by atoms with Crippen molar-refractivity contribution < 1.29 is 9.90 Å². The average Bonchev–Trinajstić information content (AvgIpc) is 2.41. The zero-order chi connectivity index (χ0) is 14.8. The van der Waals surface area contributed by atoms with Gasteiger partial charge >= 0.3 is 5.97 Å². The third kappa shape index (κ3) is 5.69. The van der Waals surface area contributed by atoms with Gasteiger partial charge in [-0.25, -0.2) is 0 Å². The molecule has 1 aromatic rings. The van der Waals surface area contributed by atoms with Gasteiger partial charge in [0.15, 0.2) is 6.19 Å². The summed E-state index contributed by atoms with van der Waals surface area (Å²) in [5, 5.41) is 22.6. The summed E-state index contributed by atoms with van der Waals surface area (Å²) in [4.78, 5) is 14.5. The molecule has 0 aromatic heterocycles. The predicted octanol–water partition coefficient (Wildman–Crippen LogP) is 2.03. The molecule has 20 heavy (non-hydrogen) atoms. The number of nitrogens with zero attached hydrogens (tertiary/aromatic N) is 2. The molecule has 6 nitrogen and oxygen atoms in total. The minimum absolute atomic E-state index is 0.000598. The van der Waals surface area contributed by atoms with Crippen LogP contribution >= 0.6 is 0 Å². The number of nitrogens with one attached hydrogen (secondary N) is 2. The van der Waals surface area contributed by atoms with Crippen molar-refractivity contribution in [3.8, 4) is 6.19 Å². The fraction of sp³-hybridized carbons (Fsp3) is 0.214. The molecule has 0 spiro atoms. The lowest BCUT2D eigenvalue weighted by Crippen LogP contribution is -2.26. The van der Waals surface area contributed by atoms with E-state index in [1.807, 2.05) is 37.4 Å². The quantitative estimate of drug-likeness (QED) is 0.330. The maximum Gasteiger partial charge on any atom is 0.307 e. The lowest BCUT2D eigenvalue weighted by molar-refractivity contribution is -0.135. The normalized spacial score (nSPS) is 11.1. The highest BCUT2D eigenvalue weighted by atomic mass is 16.4. The van der Waals surface area contributed by atoms with Crippen molar-refractivity contribution in [2.24, 2.45) is 4.99 Å². The summed E-state index contributed by atoms with van der Waals surface area (Å²) in [5.41, 5.74) is 1.69. The highest BCUT2D eigenvalue weighted by Crippen LogP contribution is 2.11. The van der Waals surface area contributed by atoms with E-state index in [0.29, 0.717) is 12.5 Å². The Morgan fingerprint density at radius 2 is 2.15 bits per heavy atom. The van der Waals surface area contributed by atoms with E-state index in [2.05, 4.69) is 15.6 Å². The summed E-state index contributed by atoms with van der Waals surface area (Å²) in [6, 6.07) is 7.34. The minimum atomic E-state index is -0.859. The molecule has 0 atom stereocenters. The molecule has 0 unspecified atom stereocenters. The van der Waals surface area contributed by atoms with Gasteiger partial charge in [-0.3, -0.25) is 15.1 Å². The molecule has 0 heterocycles. The van der Waals surface area contributed by atoms with Crippen molar-refractivity contribution >= 4 is 23.7 Å². The van der Waals surface area contributed by atoms with Crippen LogP contribution in [-0.2, 0) is 4.79 Å². The first-order valence-corrected chi connectivity index (χ1v) is 6.10. The summed E-state index contributed by atoms with van der Waals surface area (Å²) >= 11 is 0. The van der Waals surface area contributed by atoms with Crippen LogP contribution in [-0.4, -0.2) is 23.6 Å². The molecule has 0 saturated heterocycles. The highest BCUT2D eigenvalue weighted by Gasteiger charge is 1.98. The largest absolute Gasteiger partial charge is 0.481 e. The van der Waals surface area contributed by atoms with Crippen molar-refractivity contribution in [3.63, 3.8) is 0 Å². The standard InChI is InChI=1S/C14H16N4O2/c1-2-16-14(17-10-15)18-12-8-6-11(7-9-12)4-3-5-13(19)20/h3-4,6-9H,2,5H2,1H3,(H,19,20)(H2,16,17,18). The first kappa shape index (κ1) is 15.2. The number of carboxylic acids is 1. The second kappa shape index (κ2) is 8.32. The number of anilines is 1. The second-order valence-corrected chi connectivity index (χ2v) is 3.81. The zero-order valence-corrected chi connectivity index (χ0v) is 11.1. The van der Waals surface area contributed by atoms with Crippen molar-refractivity contribution in [2.75, 3.05) is 11.9 Å². The maximum atomic E-state index is 10.4. The lowest BCUT2D eigenvalue weighted by Gasteiger charge is -2.07. The predicted molar refractivity (Wildman–Crippen MR) is 78.1 cm³/mol. The van der Waals surface area contributed by atoms with Gasteiger partial charge in [0, 0.05) is 12.2 Å². The van der Waals surface area contributed by atoms with Crippen LogP contribution < -0.4 is 10.6 Å². The van der Waals surface area contributed by atoms with Crippen LogP contribution in [0.1, 0.15) is 18.9 Å². The van der Waals surface area contributed by atoms with Gasteiger partial charge in [0.25, 0.3) is 0 Å². The highest BCUT2D eigenvalue weighted by molar-refractivity contribution is 5.94. The number of carboxylic acid groups (broad SMARTS) is 1. The topological polar surface area (TPSA) is 97.5 Å². The Morgan fingerprint density at radius 1 is 1.45 bits per heavy atom. The summed E-state index contributed by atoms with van der Waals surface area (Å²) in [6.07, 6.45) is 5.14. The number of benzene rings is 1. The molecule has 0 fully saturated rings. The van der Waals surface area contributed by atoms with E-state index in [9.17, 15) is 4.79 Å². The molecule has 0 aliphatic carbocycles. The number of hydrogen-bond donors (Lipinski definition) is 3. The smallest absolute Gasteiger partial charge is 0.307 e. The number of aliphatic imine (C=N–C) groups is 1. The molecular formula is C14H16N4O2.